The van der Waals surface area contributed by atoms with E-state index in [1.807, 2.05) is 18.2 Å². The van der Waals surface area contributed by atoms with Gasteiger partial charge in [0.1, 0.15) is 11.6 Å². The maximum atomic E-state index is 12.9. The largest absolute Gasteiger partial charge is 1.00 e. The molecule has 1 fully saturated rings. The zero-order valence-corrected chi connectivity index (χ0v) is 14.9. The van der Waals surface area contributed by atoms with Gasteiger partial charge >= 0.3 is 0 Å². The number of carbonyl (C=O) groups is 1. The summed E-state index contributed by atoms with van der Waals surface area (Å²) in [4.78, 5) is 16.7. The number of halogens is 2. The average molecular weight is 364 g/mol. The number of benzene rings is 2. The highest BCUT2D eigenvalue weighted by Crippen LogP contribution is 2.28. The first-order chi connectivity index (χ1) is 11.7. The number of rotatable bonds is 5. The molecule has 0 atom stereocenters. The Labute approximate surface area is 153 Å². The molecule has 0 N–H and O–H groups in total. The van der Waals surface area contributed by atoms with Crippen molar-refractivity contribution in [2.24, 2.45) is 0 Å². The van der Waals surface area contributed by atoms with Crippen LogP contribution in [0.15, 0.2) is 48.5 Å². The molecular weight excluding hydrogens is 343 g/mol. The maximum Gasteiger partial charge on any atom is 0.176 e. The number of hydrogen-bond acceptors (Lipinski definition) is 4. The lowest BCUT2D eigenvalue weighted by atomic mass is 10.1. The number of para-hydroxylation sites is 2. The van der Waals surface area contributed by atoms with Gasteiger partial charge in [0.15, 0.2) is 5.78 Å². The van der Waals surface area contributed by atoms with Gasteiger partial charge in [-0.3, -0.25) is 9.69 Å². The second kappa shape index (κ2) is 8.83. The lowest BCUT2D eigenvalue weighted by molar-refractivity contribution is -0.0000138. The standard InChI is InChI=1S/C19H21FN2O2.ClH/c1-24-19-5-3-2-4-17(19)22-12-10-21(11-13-22)14-18(23)15-6-8-16(20)9-7-15;/h2-9H,10-14H2,1H3;1H/p-1. The Balaban J connectivity index is 0.00000225. The second-order valence-electron chi connectivity index (χ2n) is 5.87. The van der Waals surface area contributed by atoms with E-state index in [1.54, 1.807) is 19.2 Å². The summed E-state index contributed by atoms with van der Waals surface area (Å²) in [5, 5.41) is 0. The Kier molecular flexibility index (Phi) is 6.79. The van der Waals surface area contributed by atoms with E-state index in [0.29, 0.717) is 12.1 Å². The summed E-state index contributed by atoms with van der Waals surface area (Å²) < 4.78 is 18.4. The summed E-state index contributed by atoms with van der Waals surface area (Å²) in [5.74, 6) is 0.575. The molecule has 2 aromatic carbocycles. The predicted molar refractivity (Wildman–Crippen MR) is 92.4 cm³/mol. The first kappa shape index (κ1) is 19.2. The van der Waals surface area contributed by atoms with E-state index in [0.717, 1.165) is 37.6 Å². The fraction of sp³-hybridized carbons (Fsp3) is 0.316. The van der Waals surface area contributed by atoms with Crippen molar-refractivity contribution in [3.63, 3.8) is 0 Å². The van der Waals surface area contributed by atoms with E-state index in [-0.39, 0.29) is 24.0 Å². The fourth-order valence-electron chi connectivity index (χ4n) is 2.97. The van der Waals surface area contributed by atoms with Gasteiger partial charge in [-0.1, -0.05) is 12.1 Å². The molecule has 3 rings (SSSR count). The summed E-state index contributed by atoms with van der Waals surface area (Å²) >= 11 is 0. The van der Waals surface area contributed by atoms with E-state index >= 15 is 0 Å². The van der Waals surface area contributed by atoms with Crippen LogP contribution in [-0.4, -0.2) is 50.5 Å². The lowest BCUT2D eigenvalue weighted by Crippen LogP contribution is -3.00. The Morgan fingerprint density at radius 3 is 2.32 bits per heavy atom. The van der Waals surface area contributed by atoms with Crippen LogP contribution in [0.1, 0.15) is 10.4 Å². The van der Waals surface area contributed by atoms with Gasteiger partial charge in [0.05, 0.1) is 19.3 Å². The van der Waals surface area contributed by atoms with Gasteiger partial charge in [-0.05, 0) is 36.4 Å². The van der Waals surface area contributed by atoms with Gasteiger partial charge in [0.2, 0.25) is 0 Å². The Bertz CT molecular complexity index is 701. The van der Waals surface area contributed by atoms with Crippen LogP contribution in [-0.2, 0) is 0 Å². The minimum absolute atomic E-state index is 0. The molecule has 1 aliphatic heterocycles. The molecule has 1 heterocycles. The number of ketones is 1. The quantitative estimate of drug-likeness (QED) is 0.691. The number of methoxy groups -OCH3 is 1. The second-order valence-corrected chi connectivity index (χ2v) is 5.87. The Hall–Kier alpha value is -2.11. The Morgan fingerprint density at radius 1 is 1.04 bits per heavy atom. The molecule has 0 radical (unpaired) electrons. The summed E-state index contributed by atoms with van der Waals surface area (Å²) in [6, 6.07) is 13.7. The highest BCUT2D eigenvalue weighted by Gasteiger charge is 2.21. The van der Waals surface area contributed by atoms with Crippen molar-refractivity contribution in [1.82, 2.24) is 4.90 Å². The van der Waals surface area contributed by atoms with Crippen molar-refractivity contribution >= 4 is 11.5 Å². The molecular formula is C19H21ClFN2O2-. The number of nitrogens with zero attached hydrogens (tertiary/aromatic N) is 2. The normalized spacial score (nSPS) is 14.7. The zero-order chi connectivity index (χ0) is 16.9. The molecule has 0 amide bonds. The zero-order valence-electron chi connectivity index (χ0n) is 14.1. The molecule has 134 valence electrons. The third-order valence-corrected chi connectivity index (χ3v) is 4.33. The summed E-state index contributed by atoms with van der Waals surface area (Å²) in [6.07, 6.45) is 0. The van der Waals surface area contributed by atoms with Crippen LogP contribution in [0.3, 0.4) is 0 Å². The third kappa shape index (κ3) is 4.71. The molecule has 1 aliphatic rings. The number of anilines is 1. The summed E-state index contributed by atoms with van der Waals surface area (Å²) in [7, 11) is 1.68. The van der Waals surface area contributed by atoms with Crippen molar-refractivity contribution in [3.8, 4) is 5.75 Å². The van der Waals surface area contributed by atoms with E-state index in [9.17, 15) is 9.18 Å². The molecule has 2 aromatic rings. The van der Waals surface area contributed by atoms with Gasteiger partial charge in [-0.2, -0.15) is 0 Å². The molecule has 0 aromatic heterocycles. The molecule has 4 nitrogen and oxygen atoms in total. The highest BCUT2D eigenvalue weighted by molar-refractivity contribution is 5.97. The van der Waals surface area contributed by atoms with Crippen LogP contribution in [0.2, 0.25) is 0 Å². The molecule has 0 aliphatic carbocycles. The van der Waals surface area contributed by atoms with Crippen LogP contribution in [0.25, 0.3) is 0 Å². The summed E-state index contributed by atoms with van der Waals surface area (Å²) in [5.41, 5.74) is 1.65. The molecule has 0 bridgehead atoms. The third-order valence-electron chi connectivity index (χ3n) is 4.33. The fourth-order valence-corrected chi connectivity index (χ4v) is 2.97. The maximum absolute atomic E-state index is 12.9. The van der Waals surface area contributed by atoms with E-state index in [1.165, 1.54) is 12.1 Å². The van der Waals surface area contributed by atoms with Crippen molar-refractivity contribution in [3.05, 3.63) is 59.9 Å². The highest BCUT2D eigenvalue weighted by atomic mass is 35.5. The summed E-state index contributed by atoms with van der Waals surface area (Å²) in [6.45, 7) is 3.68. The van der Waals surface area contributed by atoms with Gasteiger partial charge in [-0.25, -0.2) is 4.39 Å². The van der Waals surface area contributed by atoms with Crippen LogP contribution < -0.4 is 22.0 Å². The van der Waals surface area contributed by atoms with Gasteiger partial charge in [0, 0.05) is 31.7 Å². The minimum Gasteiger partial charge on any atom is -1.00 e. The van der Waals surface area contributed by atoms with Gasteiger partial charge in [-0.15, -0.1) is 0 Å². The molecule has 6 heteroatoms. The minimum atomic E-state index is -0.322. The molecule has 25 heavy (non-hydrogen) atoms. The van der Waals surface area contributed by atoms with Crippen LogP contribution in [0.5, 0.6) is 5.75 Å². The lowest BCUT2D eigenvalue weighted by Gasteiger charge is -2.36. The number of carbonyl (C=O) groups excluding carboxylic acids is 1. The number of Topliss-reactive ketones (excluding diaryl/α,β-unsaturated/α-hetero) is 1. The van der Waals surface area contributed by atoms with Crippen LogP contribution in [0.4, 0.5) is 10.1 Å². The molecule has 0 unspecified atom stereocenters. The van der Waals surface area contributed by atoms with Crippen molar-refractivity contribution in [2.75, 3.05) is 44.7 Å². The Morgan fingerprint density at radius 2 is 1.68 bits per heavy atom. The number of hydrogen-bond donors (Lipinski definition) is 0. The molecule has 0 saturated carbocycles. The molecule has 0 spiro atoms. The van der Waals surface area contributed by atoms with Crippen molar-refractivity contribution < 1.29 is 26.3 Å². The first-order valence-corrected chi connectivity index (χ1v) is 8.06. The van der Waals surface area contributed by atoms with E-state index < -0.39 is 0 Å². The SMILES string of the molecule is COc1ccccc1N1CCN(CC(=O)c2ccc(F)cc2)CC1.[Cl-]. The average Bonchev–Trinajstić information content (AvgIpc) is 2.63. The van der Waals surface area contributed by atoms with Crippen molar-refractivity contribution in [1.29, 1.82) is 0 Å². The number of ether oxygens (including phenoxy) is 1. The van der Waals surface area contributed by atoms with E-state index in [2.05, 4.69) is 15.9 Å². The van der Waals surface area contributed by atoms with Gasteiger partial charge < -0.3 is 22.0 Å². The topological polar surface area (TPSA) is 32.8 Å². The monoisotopic (exact) mass is 363 g/mol. The number of piperazine rings is 1. The smallest absolute Gasteiger partial charge is 0.176 e. The van der Waals surface area contributed by atoms with Crippen LogP contribution in [0, 0.1) is 5.82 Å². The predicted octanol–water partition coefficient (Wildman–Crippen LogP) is -0.157. The van der Waals surface area contributed by atoms with Gasteiger partial charge in [0.25, 0.3) is 0 Å². The van der Waals surface area contributed by atoms with E-state index in [4.69, 9.17) is 4.74 Å². The molecule has 1 saturated heterocycles. The van der Waals surface area contributed by atoms with Crippen molar-refractivity contribution in [2.45, 2.75) is 0 Å². The first-order valence-electron chi connectivity index (χ1n) is 8.06. The van der Waals surface area contributed by atoms with Crippen LogP contribution >= 0.6 is 0 Å².